The summed E-state index contributed by atoms with van der Waals surface area (Å²) in [6.45, 7) is 4.56. The van der Waals surface area contributed by atoms with E-state index in [9.17, 15) is 0 Å². The van der Waals surface area contributed by atoms with Gasteiger partial charge < -0.3 is 5.73 Å². The van der Waals surface area contributed by atoms with E-state index in [0.29, 0.717) is 12.0 Å². The summed E-state index contributed by atoms with van der Waals surface area (Å²) in [5.74, 6) is 1.48. The van der Waals surface area contributed by atoms with E-state index in [0.717, 1.165) is 5.92 Å². The number of nitrogens with two attached hydrogens (primary N) is 1. The molecule has 0 bridgehead atoms. The van der Waals surface area contributed by atoms with Crippen molar-refractivity contribution in [2.24, 2.45) is 11.7 Å². The first-order valence-corrected chi connectivity index (χ1v) is 7.50. The van der Waals surface area contributed by atoms with Gasteiger partial charge in [-0.2, -0.15) is 0 Å². The van der Waals surface area contributed by atoms with E-state index in [1.54, 1.807) is 11.1 Å². The average molecular weight is 245 g/mol. The van der Waals surface area contributed by atoms with Gasteiger partial charge in [-0.1, -0.05) is 38.1 Å². The van der Waals surface area contributed by atoms with E-state index in [1.165, 1.54) is 38.5 Å². The summed E-state index contributed by atoms with van der Waals surface area (Å²) in [6, 6.07) is 9.33. The standard InChI is InChI=1S/C17H27N/c1-13(2)10-11-16(18)12-15-8-5-7-14-6-3-4-9-17(14)15/h3-4,6,9,13,15-16H,5,7-8,10-12,18H2,1-2H3. The molecule has 0 fully saturated rings. The summed E-state index contributed by atoms with van der Waals surface area (Å²) in [5.41, 5.74) is 9.44. The molecular weight excluding hydrogens is 218 g/mol. The number of benzene rings is 1. The van der Waals surface area contributed by atoms with Crippen LogP contribution in [-0.4, -0.2) is 6.04 Å². The van der Waals surface area contributed by atoms with Gasteiger partial charge in [-0.15, -0.1) is 0 Å². The fraction of sp³-hybridized carbons (Fsp3) is 0.647. The zero-order valence-corrected chi connectivity index (χ0v) is 11.9. The summed E-state index contributed by atoms with van der Waals surface area (Å²) >= 11 is 0. The van der Waals surface area contributed by atoms with Crippen molar-refractivity contribution in [3.05, 3.63) is 35.4 Å². The van der Waals surface area contributed by atoms with Crippen molar-refractivity contribution < 1.29 is 0 Å². The predicted octanol–water partition coefficient (Wildman–Crippen LogP) is 4.26. The summed E-state index contributed by atoms with van der Waals surface area (Å²) < 4.78 is 0. The van der Waals surface area contributed by atoms with Crippen molar-refractivity contribution in [1.82, 2.24) is 0 Å². The van der Waals surface area contributed by atoms with Gasteiger partial charge in [0.25, 0.3) is 0 Å². The number of hydrogen-bond acceptors (Lipinski definition) is 1. The molecule has 0 spiro atoms. The van der Waals surface area contributed by atoms with E-state index in [1.807, 2.05) is 0 Å². The molecule has 0 saturated carbocycles. The first-order chi connectivity index (χ1) is 8.66. The Morgan fingerprint density at radius 3 is 2.78 bits per heavy atom. The molecule has 2 atom stereocenters. The number of hydrogen-bond donors (Lipinski definition) is 1. The van der Waals surface area contributed by atoms with Crippen LogP contribution in [0.5, 0.6) is 0 Å². The highest BCUT2D eigenvalue weighted by atomic mass is 14.6. The second-order valence-electron chi connectivity index (χ2n) is 6.25. The van der Waals surface area contributed by atoms with E-state index in [-0.39, 0.29) is 0 Å². The summed E-state index contributed by atoms with van der Waals surface area (Å²) in [6.07, 6.45) is 7.52. The molecule has 1 nitrogen and oxygen atoms in total. The van der Waals surface area contributed by atoms with E-state index in [4.69, 9.17) is 5.73 Å². The van der Waals surface area contributed by atoms with Crippen LogP contribution in [0.25, 0.3) is 0 Å². The molecular formula is C17H27N. The first-order valence-electron chi connectivity index (χ1n) is 7.50. The Labute approximate surface area is 112 Å². The molecule has 100 valence electrons. The summed E-state index contributed by atoms with van der Waals surface area (Å²) in [4.78, 5) is 0. The molecule has 0 aromatic heterocycles. The maximum absolute atomic E-state index is 6.31. The average Bonchev–Trinajstić information content (AvgIpc) is 2.37. The highest BCUT2D eigenvalue weighted by Gasteiger charge is 2.21. The molecule has 0 amide bonds. The minimum Gasteiger partial charge on any atom is -0.328 e. The molecule has 1 aliphatic carbocycles. The van der Waals surface area contributed by atoms with Crippen molar-refractivity contribution in [1.29, 1.82) is 0 Å². The van der Waals surface area contributed by atoms with Gasteiger partial charge >= 0.3 is 0 Å². The van der Waals surface area contributed by atoms with Crippen LogP contribution in [0.3, 0.4) is 0 Å². The number of fused-ring (bicyclic) bond motifs is 1. The van der Waals surface area contributed by atoms with Crippen LogP contribution < -0.4 is 5.73 Å². The molecule has 1 heteroatoms. The third kappa shape index (κ3) is 3.58. The first kappa shape index (κ1) is 13.6. The van der Waals surface area contributed by atoms with Gasteiger partial charge in [0.05, 0.1) is 0 Å². The van der Waals surface area contributed by atoms with Crippen molar-refractivity contribution in [3.63, 3.8) is 0 Å². The maximum Gasteiger partial charge on any atom is 0.00447 e. The van der Waals surface area contributed by atoms with Crippen LogP contribution >= 0.6 is 0 Å². The van der Waals surface area contributed by atoms with Crippen LogP contribution in [0.2, 0.25) is 0 Å². The van der Waals surface area contributed by atoms with E-state index < -0.39 is 0 Å². The smallest absolute Gasteiger partial charge is 0.00447 e. The highest BCUT2D eigenvalue weighted by molar-refractivity contribution is 5.32. The largest absolute Gasteiger partial charge is 0.328 e. The molecule has 0 aliphatic heterocycles. The van der Waals surface area contributed by atoms with Gasteiger partial charge in [-0.3, -0.25) is 0 Å². The van der Waals surface area contributed by atoms with Crippen molar-refractivity contribution >= 4 is 0 Å². The minimum atomic E-state index is 0.378. The predicted molar refractivity (Wildman–Crippen MR) is 78.8 cm³/mol. The van der Waals surface area contributed by atoms with Gasteiger partial charge in [0.1, 0.15) is 0 Å². The lowest BCUT2D eigenvalue weighted by Crippen LogP contribution is -2.25. The zero-order chi connectivity index (χ0) is 13.0. The Hall–Kier alpha value is -0.820. The van der Waals surface area contributed by atoms with Gasteiger partial charge in [0.2, 0.25) is 0 Å². The topological polar surface area (TPSA) is 26.0 Å². The number of rotatable bonds is 5. The van der Waals surface area contributed by atoms with Gasteiger partial charge in [-0.25, -0.2) is 0 Å². The molecule has 1 aromatic rings. The SMILES string of the molecule is CC(C)CCC(N)CC1CCCc2ccccc21. The highest BCUT2D eigenvalue weighted by Crippen LogP contribution is 2.34. The second-order valence-corrected chi connectivity index (χ2v) is 6.25. The van der Waals surface area contributed by atoms with Crippen LogP contribution in [0.4, 0.5) is 0 Å². The molecule has 2 rings (SSSR count). The van der Waals surface area contributed by atoms with E-state index >= 15 is 0 Å². The summed E-state index contributed by atoms with van der Waals surface area (Å²) in [7, 11) is 0. The third-order valence-electron chi connectivity index (χ3n) is 4.20. The quantitative estimate of drug-likeness (QED) is 0.824. The Balaban J connectivity index is 1.94. The Kier molecular flexibility index (Phi) is 4.82. The van der Waals surface area contributed by atoms with E-state index in [2.05, 4.69) is 38.1 Å². The van der Waals surface area contributed by atoms with Crippen LogP contribution in [0.1, 0.15) is 63.0 Å². The molecule has 0 saturated heterocycles. The zero-order valence-electron chi connectivity index (χ0n) is 11.9. The Morgan fingerprint density at radius 1 is 1.22 bits per heavy atom. The molecule has 1 aromatic carbocycles. The fourth-order valence-electron chi connectivity index (χ4n) is 3.13. The van der Waals surface area contributed by atoms with Crippen molar-refractivity contribution in [3.8, 4) is 0 Å². The third-order valence-corrected chi connectivity index (χ3v) is 4.20. The lowest BCUT2D eigenvalue weighted by Gasteiger charge is -2.28. The van der Waals surface area contributed by atoms with Gasteiger partial charge in [0.15, 0.2) is 0 Å². The van der Waals surface area contributed by atoms with Gasteiger partial charge in [-0.05, 0) is 61.5 Å². The molecule has 0 radical (unpaired) electrons. The normalized spacial score (nSPS) is 20.8. The maximum atomic E-state index is 6.31. The number of aryl methyl sites for hydroxylation is 1. The fourth-order valence-corrected chi connectivity index (χ4v) is 3.13. The van der Waals surface area contributed by atoms with Crippen molar-refractivity contribution in [2.75, 3.05) is 0 Å². The second kappa shape index (κ2) is 6.38. The Bertz CT molecular complexity index is 370. The molecule has 2 unspecified atom stereocenters. The minimum absolute atomic E-state index is 0.378. The molecule has 1 aliphatic rings. The lowest BCUT2D eigenvalue weighted by molar-refractivity contribution is 0.422. The lowest BCUT2D eigenvalue weighted by atomic mass is 9.79. The van der Waals surface area contributed by atoms with Crippen LogP contribution in [-0.2, 0) is 6.42 Å². The summed E-state index contributed by atoms with van der Waals surface area (Å²) in [5, 5.41) is 0. The van der Waals surface area contributed by atoms with Gasteiger partial charge in [0, 0.05) is 6.04 Å². The molecule has 0 heterocycles. The Morgan fingerprint density at radius 2 is 2.00 bits per heavy atom. The van der Waals surface area contributed by atoms with Crippen molar-refractivity contribution in [2.45, 2.75) is 64.3 Å². The molecule has 2 N–H and O–H groups in total. The monoisotopic (exact) mass is 245 g/mol. The molecule has 18 heavy (non-hydrogen) atoms. The van der Waals surface area contributed by atoms with Crippen LogP contribution in [0, 0.1) is 5.92 Å². The van der Waals surface area contributed by atoms with Crippen LogP contribution in [0.15, 0.2) is 24.3 Å².